The van der Waals surface area contributed by atoms with Crippen LogP contribution in [0, 0.1) is 0 Å². The van der Waals surface area contributed by atoms with Crippen molar-refractivity contribution in [3.63, 3.8) is 0 Å². The van der Waals surface area contributed by atoms with Crippen LogP contribution in [-0.4, -0.2) is 50.1 Å². The van der Waals surface area contributed by atoms with E-state index in [0.717, 1.165) is 4.70 Å². The Kier molecular flexibility index (Phi) is 6.68. The molecule has 0 aliphatic heterocycles. The summed E-state index contributed by atoms with van der Waals surface area (Å²) in [5.41, 5.74) is 0.988. The van der Waals surface area contributed by atoms with Crippen LogP contribution in [0.2, 0.25) is 15.1 Å². The molecule has 0 spiro atoms. The van der Waals surface area contributed by atoms with E-state index in [4.69, 9.17) is 39.5 Å². The van der Waals surface area contributed by atoms with E-state index < -0.39 is 0 Å². The Balaban J connectivity index is 2.08. The molecule has 3 rings (SSSR count). The first-order valence-corrected chi connectivity index (χ1v) is 10.3. The topological polar surface area (TPSA) is 45.7 Å². The largest absolute Gasteiger partial charge is 0.494 e. The van der Waals surface area contributed by atoms with Gasteiger partial charge in [-0.1, -0.05) is 46.1 Å². The van der Waals surface area contributed by atoms with Gasteiger partial charge in [0.25, 0.3) is 5.91 Å². The molecule has 0 N–H and O–H groups in total. The van der Waals surface area contributed by atoms with Crippen LogP contribution in [0.1, 0.15) is 10.4 Å². The molecule has 3 aromatic rings. The van der Waals surface area contributed by atoms with E-state index in [2.05, 4.69) is 4.98 Å². The smallest absolute Gasteiger partial charge is 0.261 e. The molecule has 5 nitrogen and oxygen atoms in total. The Hall–Kier alpha value is -1.57. The maximum absolute atomic E-state index is 13.3. The number of rotatable bonds is 6. The number of thiazole rings is 1. The average molecular weight is 459 g/mol. The van der Waals surface area contributed by atoms with E-state index >= 15 is 0 Å². The summed E-state index contributed by atoms with van der Waals surface area (Å²) < 4.78 is 6.15. The van der Waals surface area contributed by atoms with Gasteiger partial charge in [0.05, 0.1) is 27.4 Å². The summed E-state index contributed by atoms with van der Waals surface area (Å²) >= 11 is 19.9. The van der Waals surface area contributed by atoms with Crippen molar-refractivity contribution in [2.24, 2.45) is 0 Å². The number of halogens is 3. The van der Waals surface area contributed by atoms with Gasteiger partial charge in [-0.15, -0.1) is 0 Å². The van der Waals surface area contributed by atoms with Crippen LogP contribution < -0.4 is 9.64 Å². The summed E-state index contributed by atoms with van der Waals surface area (Å²) in [5.74, 6) is 0.351. The highest BCUT2D eigenvalue weighted by Gasteiger charge is 2.24. The number of ether oxygens (including phenoxy) is 1. The fourth-order valence-electron chi connectivity index (χ4n) is 2.61. The van der Waals surface area contributed by atoms with Crippen molar-refractivity contribution in [2.75, 3.05) is 39.2 Å². The molecule has 0 bridgehead atoms. The quantitative estimate of drug-likeness (QED) is 0.491. The van der Waals surface area contributed by atoms with Crippen LogP contribution in [0.15, 0.2) is 30.3 Å². The molecule has 0 atom stereocenters. The molecule has 0 aliphatic carbocycles. The Morgan fingerprint density at radius 3 is 2.50 bits per heavy atom. The first-order chi connectivity index (χ1) is 13.3. The molecular weight excluding hydrogens is 441 g/mol. The highest BCUT2D eigenvalue weighted by atomic mass is 35.5. The van der Waals surface area contributed by atoms with Crippen molar-refractivity contribution < 1.29 is 9.53 Å². The number of aromatic nitrogens is 1. The molecule has 0 radical (unpaired) electrons. The second-order valence-corrected chi connectivity index (χ2v) is 8.54. The van der Waals surface area contributed by atoms with Crippen molar-refractivity contribution in [3.8, 4) is 5.75 Å². The molecule has 0 saturated heterocycles. The van der Waals surface area contributed by atoms with Crippen molar-refractivity contribution in [3.05, 3.63) is 51.0 Å². The first kappa shape index (κ1) is 21.1. The fraction of sp³-hybridized carbons (Fsp3) is 0.263. The van der Waals surface area contributed by atoms with Gasteiger partial charge in [0.1, 0.15) is 11.3 Å². The number of nitrogens with zero attached hydrogens (tertiary/aromatic N) is 3. The highest BCUT2D eigenvalue weighted by Crippen LogP contribution is 2.39. The molecule has 2 aromatic carbocycles. The molecule has 0 fully saturated rings. The van der Waals surface area contributed by atoms with E-state index in [0.29, 0.717) is 50.1 Å². The highest BCUT2D eigenvalue weighted by molar-refractivity contribution is 7.23. The number of anilines is 1. The average Bonchev–Trinajstić information content (AvgIpc) is 3.08. The second-order valence-electron chi connectivity index (χ2n) is 6.31. The number of amides is 1. The zero-order chi connectivity index (χ0) is 20.4. The van der Waals surface area contributed by atoms with Crippen LogP contribution in [0.5, 0.6) is 5.75 Å². The van der Waals surface area contributed by atoms with Crippen molar-refractivity contribution >= 4 is 67.4 Å². The van der Waals surface area contributed by atoms with Crippen molar-refractivity contribution in [1.29, 1.82) is 0 Å². The van der Waals surface area contributed by atoms with Crippen LogP contribution in [0.3, 0.4) is 0 Å². The lowest BCUT2D eigenvalue weighted by molar-refractivity contribution is 0.0985. The molecular formula is C19H18Cl3N3O2S. The minimum Gasteiger partial charge on any atom is -0.494 e. The van der Waals surface area contributed by atoms with Gasteiger partial charge in [-0.3, -0.25) is 9.69 Å². The lowest BCUT2D eigenvalue weighted by Gasteiger charge is -2.22. The van der Waals surface area contributed by atoms with E-state index in [1.165, 1.54) is 11.3 Å². The van der Waals surface area contributed by atoms with Gasteiger partial charge in [-0.25, -0.2) is 4.98 Å². The van der Waals surface area contributed by atoms with Gasteiger partial charge in [0.15, 0.2) is 5.13 Å². The summed E-state index contributed by atoms with van der Waals surface area (Å²) in [4.78, 5) is 21.5. The van der Waals surface area contributed by atoms with Gasteiger partial charge in [0, 0.05) is 18.1 Å². The van der Waals surface area contributed by atoms with Gasteiger partial charge < -0.3 is 9.64 Å². The number of fused-ring (bicyclic) bond motifs is 1. The van der Waals surface area contributed by atoms with E-state index in [1.54, 1.807) is 42.3 Å². The molecule has 148 valence electrons. The third-order valence-electron chi connectivity index (χ3n) is 4.08. The molecule has 0 aliphatic rings. The molecule has 0 saturated carbocycles. The predicted molar refractivity (Wildman–Crippen MR) is 118 cm³/mol. The van der Waals surface area contributed by atoms with Crippen LogP contribution in [0.4, 0.5) is 5.13 Å². The maximum Gasteiger partial charge on any atom is 0.261 e. The first-order valence-electron chi connectivity index (χ1n) is 8.36. The third kappa shape index (κ3) is 4.36. The standard InChI is InChI=1S/C19H18Cl3N3O2S/c1-24(2)8-9-25(18(26)12-5-4-11(20)10-14(12)22)19-23-16-15(27-3)7-6-13(21)17(16)28-19/h4-7,10H,8-9H2,1-3H3. The van der Waals surface area contributed by atoms with Gasteiger partial charge in [0.2, 0.25) is 0 Å². The van der Waals surface area contributed by atoms with Gasteiger partial charge >= 0.3 is 0 Å². The minimum absolute atomic E-state index is 0.252. The van der Waals surface area contributed by atoms with Crippen LogP contribution in [-0.2, 0) is 0 Å². The summed E-state index contributed by atoms with van der Waals surface area (Å²) in [5, 5.41) is 1.85. The Labute approximate surface area is 182 Å². The zero-order valence-electron chi connectivity index (χ0n) is 15.5. The van der Waals surface area contributed by atoms with Gasteiger partial charge in [-0.2, -0.15) is 0 Å². The molecule has 28 heavy (non-hydrogen) atoms. The fourth-order valence-corrected chi connectivity index (χ4v) is 4.38. The van der Waals surface area contributed by atoms with Crippen LogP contribution in [0.25, 0.3) is 10.2 Å². The van der Waals surface area contributed by atoms with Gasteiger partial charge in [-0.05, 0) is 44.4 Å². The van der Waals surface area contributed by atoms with E-state index in [9.17, 15) is 4.79 Å². The van der Waals surface area contributed by atoms with E-state index in [1.807, 2.05) is 19.0 Å². The number of benzene rings is 2. The normalized spacial score (nSPS) is 11.2. The summed E-state index contributed by atoms with van der Waals surface area (Å²) in [6.45, 7) is 1.09. The third-order valence-corrected chi connectivity index (χ3v) is 6.16. The Morgan fingerprint density at radius 1 is 1.11 bits per heavy atom. The van der Waals surface area contributed by atoms with Crippen molar-refractivity contribution in [2.45, 2.75) is 0 Å². The van der Waals surface area contributed by atoms with Crippen molar-refractivity contribution in [1.82, 2.24) is 9.88 Å². The lowest BCUT2D eigenvalue weighted by Crippen LogP contribution is -2.36. The zero-order valence-corrected chi connectivity index (χ0v) is 18.6. The number of methoxy groups -OCH3 is 1. The molecule has 1 amide bonds. The predicted octanol–water partition coefficient (Wildman–Crippen LogP) is 5.47. The summed E-state index contributed by atoms with van der Waals surface area (Å²) in [6, 6.07) is 8.33. The van der Waals surface area contributed by atoms with Crippen LogP contribution >= 0.6 is 46.1 Å². The molecule has 9 heteroatoms. The number of hydrogen-bond acceptors (Lipinski definition) is 5. The summed E-state index contributed by atoms with van der Waals surface area (Å²) in [7, 11) is 5.45. The Morgan fingerprint density at radius 2 is 1.86 bits per heavy atom. The summed E-state index contributed by atoms with van der Waals surface area (Å²) in [6.07, 6.45) is 0. The number of hydrogen-bond donors (Lipinski definition) is 0. The SMILES string of the molecule is COc1ccc(Cl)c2sc(N(CCN(C)C)C(=O)c3ccc(Cl)cc3Cl)nc12. The minimum atomic E-state index is -0.252. The van der Waals surface area contributed by atoms with E-state index in [-0.39, 0.29) is 5.91 Å². The maximum atomic E-state index is 13.3. The second kappa shape index (κ2) is 8.84. The number of carbonyl (C=O) groups excluding carboxylic acids is 1. The number of carbonyl (C=O) groups is 1. The number of likely N-dealkylation sites (N-methyl/N-ethyl adjacent to an activating group) is 1. The molecule has 1 aromatic heterocycles. The molecule has 0 unspecified atom stereocenters. The Bertz CT molecular complexity index is 1020. The molecule has 1 heterocycles. The lowest BCUT2D eigenvalue weighted by atomic mass is 10.2. The monoisotopic (exact) mass is 457 g/mol.